The second-order valence-corrected chi connectivity index (χ2v) is 4.46. The van der Waals surface area contributed by atoms with Gasteiger partial charge in [0.25, 0.3) is 0 Å². The first-order valence-corrected chi connectivity index (χ1v) is 5.21. The fraction of sp³-hybridized carbons (Fsp3) is 0.667. The first kappa shape index (κ1) is 8.05. The molecule has 0 aromatic carbocycles. The summed E-state index contributed by atoms with van der Waals surface area (Å²) in [5.74, 6) is 1.23. The molecule has 0 fully saturated rings. The Labute approximate surface area is 76.2 Å². The number of fused-ring (bicyclic) bond motifs is 1. The van der Waals surface area contributed by atoms with Crippen molar-refractivity contribution in [3.8, 4) is 0 Å². The van der Waals surface area contributed by atoms with Crippen molar-refractivity contribution in [2.45, 2.75) is 25.7 Å². The fourth-order valence-corrected chi connectivity index (χ4v) is 2.52. The molecule has 0 unspecified atom stereocenters. The molecule has 0 bridgehead atoms. The van der Waals surface area contributed by atoms with Gasteiger partial charge in [-0.15, -0.1) is 0 Å². The molecule has 1 aromatic heterocycles. The van der Waals surface area contributed by atoms with Crippen LogP contribution in [0.5, 0.6) is 0 Å². The highest BCUT2D eigenvalue weighted by Crippen LogP contribution is 2.22. The van der Waals surface area contributed by atoms with Gasteiger partial charge < -0.3 is 4.42 Å². The molecule has 1 aromatic rings. The van der Waals surface area contributed by atoms with Gasteiger partial charge in [-0.1, -0.05) is 0 Å². The maximum Gasteiger partial charge on any atom is 0.429 e. The van der Waals surface area contributed by atoms with Crippen LogP contribution in [0.4, 0.5) is 0 Å². The zero-order valence-corrected chi connectivity index (χ0v) is 8.41. The fourth-order valence-electron chi connectivity index (χ4n) is 1.48. The van der Waals surface area contributed by atoms with E-state index in [0.717, 1.165) is 11.3 Å². The third kappa shape index (κ3) is 1.33. The van der Waals surface area contributed by atoms with Crippen LogP contribution in [0.2, 0.25) is 0 Å². The van der Waals surface area contributed by atoms with Gasteiger partial charge in [0.2, 0.25) is 0 Å². The number of nitrogens with zero attached hydrogens (tertiary/aromatic N) is 1. The molecule has 0 saturated heterocycles. The second kappa shape index (κ2) is 3.05. The highest BCUT2D eigenvalue weighted by Gasteiger charge is 2.16. The summed E-state index contributed by atoms with van der Waals surface area (Å²) in [6, 6.07) is 0. The van der Waals surface area contributed by atoms with E-state index in [4.69, 9.17) is 4.42 Å². The molecule has 0 spiro atoms. The standard InChI is InChI=1S/C9H14NOS/c1-10(2)9-11-7-5-3-4-6-8(7)12-9/h3-6H2,1-2H3/q+1. The van der Waals surface area contributed by atoms with Crippen LogP contribution in [0.3, 0.4) is 0 Å². The van der Waals surface area contributed by atoms with E-state index in [0.29, 0.717) is 0 Å². The van der Waals surface area contributed by atoms with Crippen LogP contribution >= 0.6 is 11.3 Å². The predicted octanol–water partition coefficient (Wildman–Crippen LogP) is 1.25. The Balaban J connectivity index is 2.52. The maximum absolute atomic E-state index is 5.71. The number of hydrogen-bond acceptors (Lipinski definition) is 2. The minimum absolute atomic E-state index is 1.04. The normalized spacial score (nSPS) is 15.8. The largest absolute Gasteiger partial charge is 0.429 e. The number of hydrogen-bond donors (Lipinski definition) is 0. The van der Waals surface area contributed by atoms with Crippen molar-refractivity contribution in [2.75, 3.05) is 14.1 Å². The number of rotatable bonds is 0. The Bertz CT molecular complexity index is 317. The molecule has 0 saturated carbocycles. The van der Waals surface area contributed by atoms with Crippen molar-refractivity contribution >= 4 is 11.3 Å². The van der Waals surface area contributed by atoms with Crippen molar-refractivity contribution < 1.29 is 4.42 Å². The van der Waals surface area contributed by atoms with Gasteiger partial charge in [0.05, 0.1) is 4.88 Å². The van der Waals surface area contributed by atoms with Crippen molar-refractivity contribution in [3.05, 3.63) is 15.5 Å². The lowest BCUT2D eigenvalue weighted by Gasteiger charge is -2.05. The monoisotopic (exact) mass is 184 g/mol. The molecular weight excluding hydrogens is 170 g/mol. The summed E-state index contributed by atoms with van der Waals surface area (Å²) in [5.41, 5.74) is 0. The third-order valence-electron chi connectivity index (χ3n) is 2.15. The summed E-state index contributed by atoms with van der Waals surface area (Å²) in [4.78, 5) is 2.51. The number of aryl methyl sites for hydroxylation is 2. The molecule has 2 rings (SSSR count). The Morgan fingerprint density at radius 2 is 2.00 bits per heavy atom. The summed E-state index contributed by atoms with van der Waals surface area (Å²) in [6.45, 7) is 0. The second-order valence-electron chi connectivity index (χ2n) is 3.42. The molecule has 0 amide bonds. The van der Waals surface area contributed by atoms with E-state index in [1.807, 2.05) is 18.7 Å². The zero-order valence-electron chi connectivity index (χ0n) is 7.59. The van der Waals surface area contributed by atoms with E-state index in [2.05, 4.69) is 0 Å². The zero-order chi connectivity index (χ0) is 8.55. The van der Waals surface area contributed by atoms with Gasteiger partial charge >= 0.3 is 4.87 Å². The highest BCUT2D eigenvalue weighted by molar-refractivity contribution is 7.09. The van der Waals surface area contributed by atoms with Crippen LogP contribution < -0.4 is 9.44 Å². The average molecular weight is 184 g/mol. The van der Waals surface area contributed by atoms with E-state index in [1.54, 1.807) is 11.3 Å². The van der Waals surface area contributed by atoms with Crippen LogP contribution in [0.25, 0.3) is 0 Å². The minimum atomic E-state index is 1.04. The van der Waals surface area contributed by atoms with Gasteiger partial charge in [0.15, 0.2) is 0 Å². The van der Waals surface area contributed by atoms with Gasteiger partial charge in [0, 0.05) is 6.42 Å². The summed E-state index contributed by atoms with van der Waals surface area (Å²) >= 11 is 1.80. The van der Waals surface area contributed by atoms with Gasteiger partial charge in [-0.05, 0) is 30.6 Å². The Hall–Kier alpha value is -0.570. The van der Waals surface area contributed by atoms with E-state index in [-0.39, 0.29) is 0 Å². The molecule has 66 valence electrons. The first-order valence-electron chi connectivity index (χ1n) is 4.39. The Morgan fingerprint density at radius 1 is 1.25 bits per heavy atom. The minimum Gasteiger partial charge on any atom is -0.400 e. The topological polar surface area (TPSA) is 16.1 Å². The average Bonchev–Trinajstić information content (AvgIpc) is 2.46. The van der Waals surface area contributed by atoms with Crippen molar-refractivity contribution in [2.24, 2.45) is 0 Å². The molecule has 1 aliphatic rings. The summed E-state index contributed by atoms with van der Waals surface area (Å²) in [7, 11) is 4.06. The van der Waals surface area contributed by atoms with Crippen LogP contribution in [-0.4, -0.2) is 14.1 Å². The molecular formula is C9H14NOS+. The van der Waals surface area contributed by atoms with Crippen LogP contribution in [0.15, 0.2) is 4.42 Å². The first-order chi connectivity index (χ1) is 5.77. The van der Waals surface area contributed by atoms with Crippen LogP contribution in [-0.2, 0) is 12.8 Å². The lowest BCUT2D eigenvalue weighted by molar-refractivity contribution is 0.423. The molecule has 0 radical (unpaired) electrons. The van der Waals surface area contributed by atoms with E-state index >= 15 is 0 Å². The highest BCUT2D eigenvalue weighted by atomic mass is 32.1. The van der Waals surface area contributed by atoms with Crippen molar-refractivity contribution in [3.63, 3.8) is 0 Å². The SMILES string of the molecule is C[N+](C)=c1oc2c(s1)CCCC2. The molecule has 0 aliphatic heterocycles. The van der Waals surface area contributed by atoms with Crippen LogP contribution in [0.1, 0.15) is 23.5 Å². The molecule has 12 heavy (non-hydrogen) atoms. The molecule has 3 heteroatoms. The third-order valence-corrected chi connectivity index (χ3v) is 3.46. The summed E-state index contributed by atoms with van der Waals surface area (Å²) < 4.78 is 7.76. The smallest absolute Gasteiger partial charge is 0.400 e. The molecule has 0 N–H and O–H groups in total. The van der Waals surface area contributed by atoms with Gasteiger partial charge in [-0.3, -0.25) is 0 Å². The molecule has 0 atom stereocenters. The molecule has 1 aliphatic carbocycles. The lowest BCUT2D eigenvalue weighted by Crippen LogP contribution is -2.16. The molecule has 1 heterocycles. The molecule has 2 nitrogen and oxygen atoms in total. The predicted molar refractivity (Wildman–Crippen MR) is 50.3 cm³/mol. The van der Waals surface area contributed by atoms with Crippen molar-refractivity contribution in [1.82, 2.24) is 4.58 Å². The van der Waals surface area contributed by atoms with Gasteiger partial charge in [0.1, 0.15) is 19.9 Å². The summed E-state index contributed by atoms with van der Waals surface area (Å²) in [6.07, 6.45) is 4.98. The van der Waals surface area contributed by atoms with Crippen LogP contribution in [0, 0.1) is 0 Å². The van der Waals surface area contributed by atoms with Gasteiger partial charge in [-0.2, -0.15) is 4.58 Å². The Kier molecular flexibility index (Phi) is 2.05. The van der Waals surface area contributed by atoms with Crippen molar-refractivity contribution in [1.29, 1.82) is 0 Å². The van der Waals surface area contributed by atoms with E-state index < -0.39 is 0 Å². The Morgan fingerprint density at radius 3 is 2.67 bits per heavy atom. The van der Waals surface area contributed by atoms with E-state index in [1.165, 1.54) is 29.9 Å². The van der Waals surface area contributed by atoms with Gasteiger partial charge in [-0.25, -0.2) is 0 Å². The lowest BCUT2D eigenvalue weighted by atomic mass is 10.0. The van der Waals surface area contributed by atoms with E-state index in [9.17, 15) is 0 Å². The summed E-state index contributed by atoms with van der Waals surface area (Å²) in [5, 5.41) is 0. The quantitative estimate of drug-likeness (QED) is 0.554. The maximum atomic E-state index is 5.71.